The van der Waals surface area contributed by atoms with Crippen molar-refractivity contribution in [1.82, 2.24) is 5.32 Å². The van der Waals surface area contributed by atoms with Gasteiger partial charge in [0, 0.05) is 30.2 Å². The summed E-state index contributed by atoms with van der Waals surface area (Å²) in [6.45, 7) is 3.81. The molecule has 2 aromatic rings. The molecule has 2 aromatic carbocycles. The number of benzene rings is 2. The molecule has 2 aliphatic rings. The first-order chi connectivity index (χ1) is 13.7. The third-order valence-electron chi connectivity index (χ3n) is 4.91. The predicted octanol–water partition coefficient (Wildman–Crippen LogP) is 2.28. The third-order valence-corrected chi connectivity index (χ3v) is 5.96. The molecule has 0 atom stereocenters. The van der Waals surface area contributed by atoms with Gasteiger partial charge in [0.25, 0.3) is 0 Å². The van der Waals surface area contributed by atoms with Gasteiger partial charge in [0.05, 0.1) is 24.7 Å². The molecule has 1 N–H and O–H groups in total. The molecule has 4 rings (SSSR count). The minimum atomic E-state index is -0.160. The van der Waals surface area contributed by atoms with Crippen molar-refractivity contribution in [2.45, 2.75) is 11.4 Å². The van der Waals surface area contributed by atoms with E-state index in [1.807, 2.05) is 36.4 Å². The molecule has 146 valence electrons. The second-order valence-corrected chi connectivity index (χ2v) is 7.80. The fourth-order valence-electron chi connectivity index (χ4n) is 3.37. The molecule has 7 heteroatoms. The van der Waals surface area contributed by atoms with E-state index in [-0.39, 0.29) is 18.4 Å². The van der Waals surface area contributed by atoms with E-state index in [1.54, 1.807) is 4.90 Å². The molecule has 2 heterocycles. The van der Waals surface area contributed by atoms with Crippen LogP contribution in [0.15, 0.2) is 53.4 Å². The van der Waals surface area contributed by atoms with Crippen LogP contribution >= 0.6 is 11.8 Å². The molecule has 0 aromatic heterocycles. The smallest absolute Gasteiger partial charge is 0.240 e. The van der Waals surface area contributed by atoms with E-state index < -0.39 is 0 Å². The number of carbonyl (C=O) groups excluding carboxylic acids is 2. The fraction of sp³-hybridized carbons (Fsp3) is 0.333. The summed E-state index contributed by atoms with van der Waals surface area (Å²) >= 11 is 1.52. The SMILES string of the molecule is O=C(CN1C(=O)CSc2ccccc21)NCc1ccc(N2CCOCC2)cc1. The third kappa shape index (κ3) is 4.31. The molecule has 2 amide bonds. The molecule has 0 unspecified atom stereocenters. The van der Waals surface area contributed by atoms with Gasteiger partial charge in [-0.25, -0.2) is 0 Å². The number of carbonyl (C=O) groups is 2. The van der Waals surface area contributed by atoms with Gasteiger partial charge in [-0.05, 0) is 29.8 Å². The lowest BCUT2D eigenvalue weighted by molar-refractivity contribution is -0.123. The largest absolute Gasteiger partial charge is 0.378 e. The highest BCUT2D eigenvalue weighted by Crippen LogP contribution is 2.34. The lowest BCUT2D eigenvalue weighted by atomic mass is 10.2. The number of rotatable bonds is 5. The first kappa shape index (κ1) is 18.8. The Morgan fingerprint density at radius 2 is 1.82 bits per heavy atom. The quantitative estimate of drug-likeness (QED) is 0.839. The van der Waals surface area contributed by atoms with Crippen LogP contribution in [0.25, 0.3) is 0 Å². The van der Waals surface area contributed by atoms with Crippen molar-refractivity contribution >= 4 is 35.0 Å². The summed E-state index contributed by atoms with van der Waals surface area (Å²) in [7, 11) is 0. The molecule has 0 bridgehead atoms. The maximum Gasteiger partial charge on any atom is 0.240 e. The molecule has 6 nitrogen and oxygen atoms in total. The number of nitrogens with zero attached hydrogens (tertiary/aromatic N) is 2. The summed E-state index contributed by atoms with van der Waals surface area (Å²) in [6.07, 6.45) is 0. The Morgan fingerprint density at radius 3 is 2.61 bits per heavy atom. The van der Waals surface area contributed by atoms with E-state index >= 15 is 0 Å². The summed E-state index contributed by atoms with van der Waals surface area (Å²) in [5, 5.41) is 2.92. The number of fused-ring (bicyclic) bond motifs is 1. The summed E-state index contributed by atoms with van der Waals surface area (Å²) < 4.78 is 5.38. The average Bonchev–Trinajstić information content (AvgIpc) is 2.75. The lowest BCUT2D eigenvalue weighted by Crippen LogP contribution is -2.43. The Bertz CT molecular complexity index is 850. The zero-order chi connectivity index (χ0) is 19.3. The van der Waals surface area contributed by atoms with Crippen LogP contribution in [0.1, 0.15) is 5.56 Å². The zero-order valence-electron chi connectivity index (χ0n) is 15.6. The van der Waals surface area contributed by atoms with Gasteiger partial charge in [-0.2, -0.15) is 0 Å². The molecule has 1 fully saturated rings. The van der Waals surface area contributed by atoms with Gasteiger partial charge in [-0.1, -0.05) is 24.3 Å². The van der Waals surface area contributed by atoms with Crippen molar-refractivity contribution in [3.8, 4) is 0 Å². The van der Waals surface area contributed by atoms with Crippen molar-refractivity contribution in [3.63, 3.8) is 0 Å². The highest BCUT2D eigenvalue weighted by Gasteiger charge is 2.26. The predicted molar refractivity (Wildman–Crippen MR) is 111 cm³/mol. The minimum Gasteiger partial charge on any atom is -0.378 e. The van der Waals surface area contributed by atoms with Crippen LogP contribution in [0.4, 0.5) is 11.4 Å². The second kappa shape index (κ2) is 8.67. The summed E-state index contributed by atoms with van der Waals surface area (Å²) in [4.78, 5) is 29.6. The highest BCUT2D eigenvalue weighted by molar-refractivity contribution is 8.00. The van der Waals surface area contributed by atoms with Gasteiger partial charge in [0.2, 0.25) is 11.8 Å². The average molecular weight is 398 g/mol. The summed E-state index contributed by atoms with van der Waals surface area (Å²) in [5.74, 6) is 0.175. The first-order valence-corrected chi connectivity index (χ1v) is 10.4. The number of nitrogens with one attached hydrogen (secondary N) is 1. The number of para-hydroxylation sites is 1. The number of hydrogen-bond donors (Lipinski definition) is 1. The molecular weight excluding hydrogens is 374 g/mol. The maximum absolute atomic E-state index is 12.4. The van der Waals surface area contributed by atoms with Gasteiger partial charge >= 0.3 is 0 Å². The molecule has 0 spiro atoms. The Kier molecular flexibility index (Phi) is 5.83. The van der Waals surface area contributed by atoms with Crippen LogP contribution in [0.3, 0.4) is 0 Å². The lowest BCUT2D eigenvalue weighted by Gasteiger charge is -2.29. The molecule has 0 aliphatic carbocycles. The standard InChI is InChI=1S/C21H23N3O3S/c25-20(14-24-18-3-1-2-4-19(18)28-15-21(24)26)22-13-16-5-7-17(8-6-16)23-9-11-27-12-10-23/h1-8H,9-15H2,(H,22,25). The van der Waals surface area contributed by atoms with E-state index in [1.165, 1.54) is 17.4 Å². The summed E-state index contributed by atoms with van der Waals surface area (Å²) in [6, 6.07) is 15.9. The zero-order valence-corrected chi connectivity index (χ0v) is 16.4. The molecule has 2 aliphatic heterocycles. The van der Waals surface area contributed by atoms with Gasteiger partial charge in [0.1, 0.15) is 6.54 Å². The Balaban J connectivity index is 1.33. The topological polar surface area (TPSA) is 61.9 Å². The van der Waals surface area contributed by atoms with Crippen LogP contribution in [0.5, 0.6) is 0 Å². The Labute approximate surface area is 168 Å². The van der Waals surface area contributed by atoms with Crippen molar-refractivity contribution in [3.05, 3.63) is 54.1 Å². The van der Waals surface area contributed by atoms with E-state index in [0.717, 1.165) is 42.4 Å². The highest BCUT2D eigenvalue weighted by atomic mass is 32.2. The molecule has 0 saturated carbocycles. The van der Waals surface area contributed by atoms with Crippen LogP contribution in [-0.4, -0.2) is 50.4 Å². The van der Waals surface area contributed by atoms with Crippen molar-refractivity contribution in [1.29, 1.82) is 0 Å². The monoisotopic (exact) mass is 397 g/mol. The Morgan fingerprint density at radius 1 is 1.07 bits per heavy atom. The normalized spacial score (nSPS) is 16.6. The van der Waals surface area contributed by atoms with E-state index in [9.17, 15) is 9.59 Å². The van der Waals surface area contributed by atoms with Crippen molar-refractivity contribution in [2.75, 3.05) is 48.4 Å². The number of hydrogen-bond acceptors (Lipinski definition) is 5. The number of anilines is 2. The van der Waals surface area contributed by atoms with Crippen molar-refractivity contribution in [2.24, 2.45) is 0 Å². The molecule has 1 saturated heterocycles. The van der Waals surface area contributed by atoms with Gasteiger partial charge in [0.15, 0.2) is 0 Å². The van der Waals surface area contributed by atoms with Crippen LogP contribution in [0.2, 0.25) is 0 Å². The Hall–Kier alpha value is -2.51. The fourth-order valence-corrected chi connectivity index (χ4v) is 4.31. The molecular formula is C21H23N3O3S. The van der Waals surface area contributed by atoms with Gasteiger partial charge < -0.3 is 19.9 Å². The van der Waals surface area contributed by atoms with E-state index in [4.69, 9.17) is 4.74 Å². The number of morpholine rings is 1. The summed E-state index contributed by atoms with van der Waals surface area (Å²) in [5.41, 5.74) is 3.02. The van der Waals surface area contributed by atoms with Crippen LogP contribution in [0, 0.1) is 0 Å². The van der Waals surface area contributed by atoms with Crippen LogP contribution < -0.4 is 15.1 Å². The maximum atomic E-state index is 12.4. The van der Waals surface area contributed by atoms with Gasteiger partial charge in [-0.15, -0.1) is 11.8 Å². The van der Waals surface area contributed by atoms with Gasteiger partial charge in [-0.3, -0.25) is 9.59 Å². The van der Waals surface area contributed by atoms with E-state index in [2.05, 4.69) is 22.3 Å². The first-order valence-electron chi connectivity index (χ1n) is 9.41. The second-order valence-electron chi connectivity index (χ2n) is 6.78. The molecule has 0 radical (unpaired) electrons. The van der Waals surface area contributed by atoms with Crippen molar-refractivity contribution < 1.29 is 14.3 Å². The number of amides is 2. The number of ether oxygens (including phenoxy) is 1. The minimum absolute atomic E-state index is 0.0336. The molecule has 28 heavy (non-hydrogen) atoms. The van der Waals surface area contributed by atoms with E-state index in [0.29, 0.717) is 12.3 Å². The van der Waals surface area contributed by atoms with Crippen LogP contribution in [-0.2, 0) is 20.9 Å². The number of thioether (sulfide) groups is 1.